The Morgan fingerprint density at radius 3 is 0.956 bits per heavy atom. The fourth-order valence-corrected chi connectivity index (χ4v) is 24.7. The minimum Gasteiger partial charge on any atom is -0.310 e. The summed E-state index contributed by atoms with van der Waals surface area (Å²) >= 11 is 0. The summed E-state index contributed by atoms with van der Waals surface area (Å²) in [6.07, 6.45) is 0. The molecule has 0 saturated carbocycles. The van der Waals surface area contributed by atoms with E-state index in [9.17, 15) is 0 Å². The van der Waals surface area contributed by atoms with Crippen LogP contribution in [-0.4, -0.2) is 16.1 Å². The molecule has 16 rings (SSSR count). The van der Waals surface area contributed by atoms with Crippen LogP contribution >= 0.6 is 0 Å². The molecule has 2 nitrogen and oxygen atoms in total. The van der Waals surface area contributed by atoms with Crippen LogP contribution in [-0.2, 0) is 5.41 Å². The summed E-state index contributed by atoms with van der Waals surface area (Å²) in [5.41, 5.74) is 11.5. The highest BCUT2D eigenvalue weighted by Crippen LogP contribution is 2.56. The standard InChI is InChI=1S/C87H66N2Si2/c1-87(2)83-61-71(88(69-47-45-63-27-21-23-29-65(63)59-69)67-49-54-78(55-50-67)90(72-31-9-3-10-32-72,73-33-11-4-12-34-73)74-35-13-5-14-36-74)53-58-82(83)86-81-44-26-25-43-80(81)85(62-84(86)87)89(70-48-46-64-28-22-24-30-66(64)60-70)68-51-56-79(57-52-68)91(75-37-15-6-16-38-75,76-39-17-7-18-40-76)77-41-19-8-20-42-77/h3-62H,1-2H3. The molecule has 0 N–H and O–H groups in total. The van der Waals surface area contributed by atoms with Crippen LogP contribution in [0.1, 0.15) is 25.0 Å². The zero-order valence-corrected chi connectivity index (χ0v) is 53.0. The van der Waals surface area contributed by atoms with Gasteiger partial charge in [0.1, 0.15) is 0 Å². The van der Waals surface area contributed by atoms with Gasteiger partial charge in [-0.1, -0.05) is 311 Å². The van der Waals surface area contributed by atoms with Crippen LogP contribution in [0.4, 0.5) is 34.1 Å². The van der Waals surface area contributed by atoms with Crippen LogP contribution in [0.3, 0.4) is 0 Å². The second-order valence-corrected chi connectivity index (χ2v) is 32.4. The molecule has 0 heterocycles. The second kappa shape index (κ2) is 22.9. The summed E-state index contributed by atoms with van der Waals surface area (Å²) in [6.45, 7) is 4.87. The Morgan fingerprint density at radius 2 is 0.538 bits per heavy atom. The second-order valence-electron chi connectivity index (χ2n) is 24.7. The molecule has 0 saturated heterocycles. The lowest BCUT2D eigenvalue weighted by atomic mass is 9.81. The molecular weight excluding hydrogens is 1130 g/mol. The predicted molar refractivity (Wildman–Crippen MR) is 393 cm³/mol. The average molecular weight is 1200 g/mol. The summed E-state index contributed by atoms with van der Waals surface area (Å²) in [4.78, 5) is 5.00. The summed E-state index contributed by atoms with van der Waals surface area (Å²) < 4.78 is 0. The van der Waals surface area contributed by atoms with Crippen molar-refractivity contribution >= 4 is 124 Å². The Hall–Kier alpha value is -10.9. The van der Waals surface area contributed by atoms with Gasteiger partial charge in [-0.3, -0.25) is 0 Å². The minimum atomic E-state index is -2.80. The third-order valence-electron chi connectivity index (χ3n) is 19.5. The van der Waals surface area contributed by atoms with Gasteiger partial charge in [-0.05, 0) is 157 Å². The van der Waals surface area contributed by atoms with Crippen molar-refractivity contribution in [1.82, 2.24) is 0 Å². The van der Waals surface area contributed by atoms with Gasteiger partial charge in [-0.2, -0.15) is 0 Å². The summed E-state index contributed by atoms with van der Waals surface area (Å²) in [5.74, 6) is 0. The molecule has 0 atom stereocenters. The average Bonchev–Trinajstić information content (AvgIpc) is 1.67. The molecule has 1 aliphatic rings. The van der Waals surface area contributed by atoms with Crippen LogP contribution in [0.5, 0.6) is 0 Å². The van der Waals surface area contributed by atoms with Crippen LogP contribution in [0, 0.1) is 0 Å². The van der Waals surface area contributed by atoms with E-state index in [1.807, 2.05) is 0 Å². The van der Waals surface area contributed by atoms with E-state index in [1.54, 1.807) is 0 Å². The van der Waals surface area contributed by atoms with Gasteiger partial charge in [0.25, 0.3) is 0 Å². The smallest absolute Gasteiger partial charge is 0.179 e. The third kappa shape index (κ3) is 9.28. The van der Waals surface area contributed by atoms with Gasteiger partial charge in [0, 0.05) is 39.2 Å². The Bertz CT molecular complexity index is 4920. The molecular formula is C87H66N2Si2. The first-order valence-electron chi connectivity index (χ1n) is 31.7. The van der Waals surface area contributed by atoms with E-state index in [0.29, 0.717) is 0 Å². The maximum atomic E-state index is 2.53. The van der Waals surface area contributed by atoms with Gasteiger partial charge in [-0.15, -0.1) is 0 Å². The molecule has 0 spiro atoms. The Morgan fingerprint density at radius 1 is 0.231 bits per heavy atom. The molecule has 0 radical (unpaired) electrons. The van der Waals surface area contributed by atoms with Crippen LogP contribution in [0.25, 0.3) is 43.4 Å². The highest BCUT2D eigenvalue weighted by atomic mass is 28.3. The number of hydrogen-bond donors (Lipinski definition) is 0. The SMILES string of the molecule is CC1(C)c2cc(N(c3ccc([Si](c4ccccc4)(c4ccccc4)c4ccccc4)cc3)c3ccc4ccccc4c3)ccc2-c2c1cc(N(c1ccc([Si](c3ccccc3)(c3ccccc3)c3ccccc3)cc1)c1ccc3ccccc3c1)c1ccccc21. The van der Waals surface area contributed by atoms with E-state index in [4.69, 9.17) is 0 Å². The molecule has 0 aromatic heterocycles. The third-order valence-corrected chi connectivity index (χ3v) is 29.1. The Labute approximate surface area is 535 Å². The number of anilines is 6. The molecule has 0 bridgehead atoms. The first-order chi connectivity index (χ1) is 44.9. The largest absolute Gasteiger partial charge is 0.310 e. The molecule has 0 unspecified atom stereocenters. The van der Waals surface area contributed by atoms with E-state index < -0.39 is 21.6 Å². The lowest BCUT2D eigenvalue weighted by molar-refractivity contribution is 0.661. The summed E-state index contributed by atoms with van der Waals surface area (Å²) in [6, 6.07) is 137. The number of fused-ring (bicyclic) bond motifs is 7. The molecule has 0 aliphatic heterocycles. The summed E-state index contributed by atoms with van der Waals surface area (Å²) in [5, 5.41) is 18.1. The number of nitrogens with zero attached hydrogens (tertiary/aromatic N) is 2. The van der Waals surface area contributed by atoms with Crippen molar-refractivity contribution in [3.05, 3.63) is 375 Å². The molecule has 0 fully saturated rings. The van der Waals surface area contributed by atoms with Crippen molar-refractivity contribution in [2.75, 3.05) is 9.80 Å². The maximum absolute atomic E-state index is 2.80. The lowest BCUT2D eigenvalue weighted by Crippen LogP contribution is -2.74. The van der Waals surface area contributed by atoms with Gasteiger partial charge in [-0.25, -0.2) is 0 Å². The van der Waals surface area contributed by atoms with Crippen molar-refractivity contribution in [2.24, 2.45) is 0 Å². The van der Waals surface area contributed by atoms with Crippen LogP contribution in [0.15, 0.2) is 364 Å². The van der Waals surface area contributed by atoms with E-state index in [-0.39, 0.29) is 0 Å². The quantitative estimate of drug-likeness (QED) is 0.0791. The van der Waals surface area contributed by atoms with E-state index in [0.717, 1.165) is 34.1 Å². The van der Waals surface area contributed by atoms with E-state index >= 15 is 0 Å². The highest BCUT2D eigenvalue weighted by molar-refractivity contribution is 7.20. The summed E-state index contributed by atoms with van der Waals surface area (Å²) in [7, 11) is -5.59. The molecule has 15 aromatic carbocycles. The molecule has 4 heteroatoms. The zero-order chi connectivity index (χ0) is 60.9. The van der Waals surface area contributed by atoms with E-state index in [1.165, 1.54) is 96.1 Å². The van der Waals surface area contributed by atoms with Gasteiger partial charge >= 0.3 is 0 Å². The maximum Gasteiger partial charge on any atom is 0.179 e. The van der Waals surface area contributed by atoms with Crippen molar-refractivity contribution in [1.29, 1.82) is 0 Å². The van der Waals surface area contributed by atoms with E-state index in [2.05, 4.69) is 388 Å². The number of rotatable bonds is 14. The molecule has 432 valence electrons. The van der Waals surface area contributed by atoms with Gasteiger partial charge < -0.3 is 9.80 Å². The lowest BCUT2D eigenvalue weighted by Gasteiger charge is -2.35. The van der Waals surface area contributed by atoms with Crippen molar-refractivity contribution in [3.63, 3.8) is 0 Å². The van der Waals surface area contributed by atoms with Crippen molar-refractivity contribution in [2.45, 2.75) is 19.3 Å². The first-order valence-corrected chi connectivity index (χ1v) is 35.7. The van der Waals surface area contributed by atoms with Gasteiger partial charge in [0.2, 0.25) is 0 Å². The van der Waals surface area contributed by atoms with Gasteiger partial charge in [0.15, 0.2) is 16.1 Å². The first kappa shape index (κ1) is 55.4. The number of hydrogen-bond acceptors (Lipinski definition) is 2. The number of benzene rings is 15. The molecule has 0 amide bonds. The molecule has 91 heavy (non-hydrogen) atoms. The minimum absolute atomic E-state index is 0.393. The molecule has 15 aromatic rings. The molecule has 1 aliphatic carbocycles. The fourth-order valence-electron chi connectivity index (χ4n) is 15.2. The fraction of sp³-hybridized carbons (Fsp3) is 0.0345. The Balaban J connectivity index is 0.856. The van der Waals surface area contributed by atoms with Crippen LogP contribution < -0.4 is 51.3 Å². The monoisotopic (exact) mass is 1190 g/mol. The normalized spacial score (nSPS) is 12.6. The predicted octanol–water partition coefficient (Wildman–Crippen LogP) is 17.1. The highest BCUT2D eigenvalue weighted by Gasteiger charge is 2.44. The Kier molecular flexibility index (Phi) is 14.0. The topological polar surface area (TPSA) is 6.48 Å². The van der Waals surface area contributed by atoms with Gasteiger partial charge in [0.05, 0.1) is 5.69 Å². The van der Waals surface area contributed by atoms with Crippen LogP contribution in [0.2, 0.25) is 0 Å². The van der Waals surface area contributed by atoms with Crippen molar-refractivity contribution in [3.8, 4) is 11.1 Å². The zero-order valence-electron chi connectivity index (χ0n) is 51.0. The van der Waals surface area contributed by atoms with Crippen molar-refractivity contribution < 1.29 is 0 Å².